The highest BCUT2D eigenvalue weighted by atomic mass is 15.1. The van der Waals surface area contributed by atoms with Crippen molar-refractivity contribution in [2.75, 3.05) is 27.2 Å². The summed E-state index contributed by atoms with van der Waals surface area (Å²) in [6, 6.07) is 9.48. The lowest BCUT2D eigenvalue weighted by Gasteiger charge is -2.25. The van der Waals surface area contributed by atoms with Crippen LogP contribution in [0.5, 0.6) is 0 Å². The molecule has 0 radical (unpaired) electrons. The predicted molar refractivity (Wildman–Crippen MR) is 64.1 cm³/mol. The summed E-state index contributed by atoms with van der Waals surface area (Å²) >= 11 is 0. The second kappa shape index (κ2) is 4.77. The van der Waals surface area contributed by atoms with Crippen molar-refractivity contribution in [1.29, 1.82) is 0 Å². The number of hydrogen-bond acceptors (Lipinski definition) is 2. The molecule has 1 aromatic carbocycles. The lowest BCUT2D eigenvalue weighted by molar-refractivity contribution is 0.246. The molecule has 0 bridgehead atoms. The molecule has 0 aliphatic heterocycles. The fourth-order valence-electron chi connectivity index (χ4n) is 2.44. The van der Waals surface area contributed by atoms with Crippen LogP contribution < -0.4 is 5.32 Å². The third-order valence-corrected chi connectivity index (χ3v) is 3.35. The van der Waals surface area contributed by atoms with Gasteiger partial charge >= 0.3 is 0 Å². The van der Waals surface area contributed by atoms with Gasteiger partial charge in [-0.25, -0.2) is 0 Å². The Morgan fingerprint density at radius 2 is 2.20 bits per heavy atom. The average molecular weight is 204 g/mol. The van der Waals surface area contributed by atoms with E-state index >= 15 is 0 Å². The molecule has 0 fully saturated rings. The van der Waals surface area contributed by atoms with E-state index in [1.165, 1.54) is 18.4 Å². The molecule has 0 aromatic heterocycles. The number of aryl methyl sites for hydroxylation is 1. The Balaban J connectivity index is 2.06. The maximum atomic E-state index is 3.20. The van der Waals surface area contributed by atoms with E-state index in [0.29, 0.717) is 6.04 Å². The van der Waals surface area contributed by atoms with Gasteiger partial charge in [-0.05, 0) is 38.1 Å². The van der Waals surface area contributed by atoms with E-state index in [1.807, 2.05) is 7.05 Å². The molecule has 1 aromatic rings. The fraction of sp³-hybridized carbons (Fsp3) is 0.538. The fourth-order valence-corrected chi connectivity index (χ4v) is 2.44. The van der Waals surface area contributed by atoms with Crippen LogP contribution in [0.1, 0.15) is 23.6 Å². The summed E-state index contributed by atoms with van der Waals surface area (Å²) < 4.78 is 0. The molecule has 2 heteroatoms. The third-order valence-electron chi connectivity index (χ3n) is 3.35. The lowest BCUT2D eigenvalue weighted by atomic mass is 10.1. The van der Waals surface area contributed by atoms with Crippen LogP contribution in [0.3, 0.4) is 0 Å². The quantitative estimate of drug-likeness (QED) is 0.805. The van der Waals surface area contributed by atoms with Gasteiger partial charge in [0.05, 0.1) is 0 Å². The second-order valence-electron chi connectivity index (χ2n) is 4.34. The standard InChI is InChI=1S/C13H20N2/c1-14-9-10-15(2)13-8-7-11-5-3-4-6-12(11)13/h3-6,13-14H,7-10H2,1-2H3. The van der Waals surface area contributed by atoms with Gasteiger partial charge in [-0.2, -0.15) is 0 Å². The van der Waals surface area contributed by atoms with Crippen molar-refractivity contribution in [1.82, 2.24) is 10.2 Å². The summed E-state index contributed by atoms with van der Waals surface area (Å²) in [6.07, 6.45) is 2.52. The summed E-state index contributed by atoms with van der Waals surface area (Å²) in [7, 11) is 4.24. The van der Waals surface area contributed by atoms with Gasteiger partial charge in [-0.15, -0.1) is 0 Å². The zero-order chi connectivity index (χ0) is 10.7. The van der Waals surface area contributed by atoms with Crippen LogP contribution in [-0.4, -0.2) is 32.1 Å². The molecule has 0 saturated carbocycles. The first-order valence-electron chi connectivity index (χ1n) is 5.75. The van der Waals surface area contributed by atoms with Crippen LogP contribution in [0.25, 0.3) is 0 Å². The SMILES string of the molecule is CNCCN(C)C1CCc2ccccc21. The third kappa shape index (κ3) is 2.21. The van der Waals surface area contributed by atoms with Crippen LogP contribution in [-0.2, 0) is 6.42 Å². The molecule has 1 aliphatic rings. The minimum absolute atomic E-state index is 0.634. The van der Waals surface area contributed by atoms with Gasteiger partial charge in [-0.3, -0.25) is 4.90 Å². The molecule has 0 saturated heterocycles. The summed E-state index contributed by atoms with van der Waals surface area (Å²) in [5, 5.41) is 3.20. The summed E-state index contributed by atoms with van der Waals surface area (Å²) in [5.41, 5.74) is 3.08. The van der Waals surface area contributed by atoms with Crippen molar-refractivity contribution >= 4 is 0 Å². The molecule has 0 heterocycles. The number of likely N-dealkylation sites (N-methyl/N-ethyl adjacent to an activating group) is 2. The van der Waals surface area contributed by atoms with E-state index in [4.69, 9.17) is 0 Å². The van der Waals surface area contributed by atoms with Gasteiger partial charge in [0, 0.05) is 19.1 Å². The van der Waals surface area contributed by atoms with Crippen molar-refractivity contribution < 1.29 is 0 Å². The van der Waals surface area contributed by atoms with E-state index in [9.17, 15) is 0 Å². The Bertz CT molecular complexity index is 322. The number of hydrogen-bond donors (Lipinski definition) is 1. The molecule has 1 N–H and O–H groups in total. The molecule has 0 amide bonds. The maximum Gasteiger partial charge on any atom is 0.0351 e. The smallest absolute Gasteiger partial charge is 0.0351 e. The summed E-state index contributed by atoms with van der Waals surface area (Å²) in [6.45, 7) is 2.19. The minimum atomic E-state index is 0.634. The Kier molecular flexibility index (Phi) is 3.39. The summed E-state index contributed by atoms with van der Waals surface area (Å²) in [4.78, 5) is 2.46. The van der Waals surface area contributed by atoms with E-state index in [-0.39, 0.29) is 0 Å². The molecule has 1 unspecified atom stereocenters. The Morgan fingerprint density at radius 3 is 3.00 bits per heavy atom. The average Bonchev–Trinajstić information content (AvgIpc) is 2.69. The van der Waals surface area contributed by atoms with E-state index in [1.54, 1.807) is 5.56 Å². The number of rotatable bonds is 4. The molecule has 82 valence electrons. The number of nitrogens with zero attached hydrogens (tertiary/aromatic N) is 1. The monoisotopic (exact) mass is 204 g/mol. The molecule has 0 spiro atoms. The van der Waals surface area contributed by atoms with Crippen molar-refractivity contribution in [2.45, 2.75) is 18.9 Å². The lowest BCUT2D eigenvalue weighted by Crippen LogP contribution is -2.30. The maximum absolute atomic E-state index is 3.20. The topological polar surface area (TPSA) is 15.3 Å². The highest BCUT2D eigenvalue weighted by Gasteiger charge is 2.24. The van der Waals surface area contributed by atoms with Gasteiger partial charge < -0.3 is 5.32 Å². The first kappa shape index (κ1) is 10.7. The van der Waals surface area contributed by atoms with Gasteiger partial charge in [0.15, 0.2) is 0 Å². The van der Waals surface area contributed by atoms with Gasteiger partial charge in [0.1, 0.15) is 0 Å². The molecule has 2 rings (SSSR count). The summed E-state index contributed by atoms with van der Waals surface area (Å²) in [5.74, 6) is 0. The van der Waals surface area contributed by atoms with Crippen molar-refractivity contribution in [3.8, 4) is 0 Å². The van der Waals surface area contributed by atoms with Crippen LogP contribution >= 0.6 is 0 Å². The van der Waals surface area contributed by atoms with Crippen molar-refractivity contribution in [3.05, 3.63) is 35.4 Å². The first-order chi connectivity index (χ1) is 7.33. The van der Waals surface area contributed by atoms with E-state index < -0.39 is 0 Å². The second-order valence-corrected chi connectivity index (χ2v) is 4.34. The Labute approximate surface area is 92.3 Å². The zero-order valence-corrected chi connectivity index (χ0v) is 9.66. The number of nitrogens with one attached hydrogen (secondary N) is 1. The normalized spacial score (nSPS) is 19.5. The number of benzene rings is 1. The molecule has 2 nitrogen and oxygen atoms in total. The van der Waals surface area contributed by atoms with Crippen LogP contribution in [0.15, 0.2) is 24.3 Å². The van der Waals surface area contributed by atoms with Crippen molar-refractivity contribution in [2.24, 2.45) is 0 Å². The minimum Gasteiger partial charge on any atom is -0.318 e. The molecule has 1 aliphatic carbocycles. The van der Waals surface area contributed by atoms with Crippen LogP contribution in [0, 0.1) is 0 Å². The highest BCUT2D eigenvalue weighted by Crippen LogP contribution is 2.34. The largest absolute Gasteiger partial charge is 0.318 e. The van der Waals surface area contributed by atoms with E-state index in [2.05, 4.69) is 41.5 Å². The van der Waals surface area contributed by atoms with Gasteiger partial charge in [0.25, 0.3) is 0 Å². The van der Waals surface area contributed by atoms with Gasteiger partial charge in [0.2, 0.25) is 0 Å². The Morgan fingerprint density at radius 1 is 1.40 bits per heavy atom. The molecule has 1 atom stereocenters. The van der Waals surface area contributed by atoms with Crippen LogP contribution in [0.2, 0.25) is 0 Å². The molecular weight excluding hydrogens is 184 g/mol. The Hall–Kier alpha value is -0.860. The zero-order valence-electron chi connectivity index (χ0n) is 9.66. The van der Waals surface area contributed by atoms with E-state index in [0.717, 1.165) is 13.1 Å². The van der Waals surface area contributed by atoms with Gasteiger partial charge in [-0.1, -0.05) is 24.3 Å². The molecular formula is C13H20N2. The van der Waals surface area contributed by atoms with Crippen LogP contribution in [0.4, 0.5) is 0 Å². The molecule has 15 heavy (non-hydrogen) atoms. The predicted octanol–water partition coefficient (Wildman–Crippen LogP) is 1.83. The first-order valence-corrected chi connectivity index (χ1v) is 5.75. The number of fused-ring (bicyclic) bond motifs is 1. The van der Waals surface area contributed by atoms with Crippen molar-refractivity contribution in [3.63, 3.8) is 0 Å². The highest BCUT2D eigenvalue weighted by molar-refractivity contribution is 5.34.